The van der Waals surface area contributed by atoms with Crippen molar-refractivity contribution in [3.63, 3.8) is 0 Å². The van der Waals surface area contributed by atoms with E-state index in [9.17, 15) is 14.7 Å². The number of benzene rings is 3. The molecule has 3 aromatic rings. The van der Waals surface area contributed by atoms with Gasteiger partial charge in [0.15, 0.2) is 0 Å². The predicted molar refractivity (Wildman–Crippen MR) is 160 cm³/mol. The van der Waals surface area contributed by atoms with Gasteiger partial charge in [-0.05, 0) is 61.6 Å². The third kappa shape index (κ3) is 11.4. The van der Waals surface area contributed by atoms with Gasteiger partial charge in [-0.25, -0.2) is 0 Å². The number of halogens is 2. The van der Waals surface area contributed by atoms with Crippen LogP contribution in [-0.2, 0) is 29.0 Å². The number of aryl methyl sites for hydroxylation is 1. The minimum Gasteiger partial charge on any atom is -0.508 e. The van der Waals surface area contributed by atoms with Gasteiger partial charge < -0.3 is 26.8 Å². The first-order chi connectivity index (χ1) is 17.8. The van der Waals surface area contributed by atoms with Crippen molar-refractivity contribution in [2.24, 2.45) is 5.73 Å². The summed E-state index contributed by atoms with van der Waals surface area (Å²) in [6, 6.07) is 22.9. The summed E-state index contributed by atoms with van der Waals surface area (Å²) in [7, 11) is 0. The van der Waals surface area contributed by atoms with Crippen molar-refractivity contribution >= 4 is 42.5 Å². The number of aromatic hydroxyl groups is 1. The second kappa shape index (κ2) is 17.1. The number of amides is 2. The summed E-state index contributed by atoms with van der Waals surface area (Å²) in [6.45, 7) is 2.55. The van der Waals surface area contributed by atoms with Gasteiger partial charge in [0.25, 0.3) is 0 Å². The molecule has 0 unspecified atom stereocenters. The molecule has 7 N–H and O–H groups in total. The van der Waals surface area contributed by atoms with Crippen molar-refractivity contribution in [3.05, 3.63) is 101 Å². The van der Waals surface area contributed by atoms with Gasteiger partial charge in [0.1, 0.15) is 17.6 Å². The molecule has 0 saturated carbocycles. The topological polar surface area (TPSA) is 140 Å². The zero-order chi connectivity index (χ0) is 26.6. The lowest BCUT2D eigenvalue weighted by Gasteiger charge is -2.21. The van der Waals surface area contributed by atoms with E-state index >= 15 is 0 Å². The van der Waals surface area contributed by atoms with Crippen LogP contribution in [0.4, 0.5) is 0 Å². The van der Waals surface area contributed by atoms with Crippen LogP contribution in [0.25, 0.3) is 0 Å². The fourth-order valence-electron chi connectivity index (χ4n) is 3.86. The number of carbonyl (C=O) groups excluding carboxylic acids is 2. The predicted octanol–water partition coefficient (Wildman–Crippen LogP) is 3.47. The highest BCUT2D eigenvalue weighted by atomic mass is 35.5. The Morgan fingerprint density at radius 3 is 2.05 bits per heavy atom. The number of nitrogens with two attached hydrogens (primary N) is 1. The van der Waals surface area contributed by atoms with Crippen molar-refractivity contribution in [1.29, 1.82) is 5.41 Å². The molecule has 0 saturated heterocycles. The molecule has 0 aromatic heterocycles. The summed E-state index contributed by atoms with van der Waals surface area (Å²) in [5, 5.41) is 25.9. The van der Waals surface area contributed by atoms with Crippen LogP contribution in [0.15, 0.2) is 78.9 Å². The molecule has 39 heavy (non-hydrogen) atoms. The number of hydrogen-bond donors (Lipinski definition) is 6. The molecule has 0 radical (unpaired) electrons. The molecule has 3 aromatic carbocycles. The van der Waals surface area contributed by atoms with Gasteiger partial charge in [-0.3, -0.25) is 15.0 Å². The second-order valence-electron chi connectivity index (χ2n) is 9.01. The summed E-state index contributed by atoms with van der Waals surface area (Å²) >= 11 is 0. The van der Waals surface area contributed by atoms with E-state index in [1.165, 1.54) is 0 Å². The molecule has 8 nitrogen and oxygen atoms in total. The summed E-state index contributed by atoms with van der Waals surface area (Å²) in [4.78, 5) is 25.8. The number of phenols is 1. The number of carbonyl (C=O) groups is 2. The SMILES string of the molecule is C[C@H](NC(=O)[C@@H](CCc1ccccc1)NCCc1ccc(O)cc1)C(=O)NCc1ccc(C(=N)N)cc1.Cl.Cl. The molecule has 0 spiro atoms. The second-order valence-corrected chi connectivity index (χ2v) is 9.01. The number of phenolic OH excluding ortho intramolecular Hbond substituents is 1. The highest BCUT2D eigenvalue weighted by Gasteiger charge is 2.22. The van der Waals surface area contributed by atoms with Crippen molar-refractivity contribution in [1.82, 2.24) is 16.0 Å². The van der Waals surface area contributed by atoms with Gasteiger partial charge in [-0.1, -0.05) is 66.7 Å². The van der Waals surface area contributed by atoms with E-state index in [2.05, 4.69) is 16.0 Å². The monoisotopic (exact) mass is 573 g/mol. The Hall–Kier alpha value is -3.59. The molecule has 210 valence electrons. The molecule has 0 heterocycles. The van der Waals surface area contributed by atoms with E-state index in [4.69, 9.17) is 11.1 Å². The van der Waals surface area contributed by atoms with Gasteiger partial charge in [0.2, 0.25) is 11.8 Å². The lowest BCUT2D eigenvalue weighted by atomic mass is 10.0. The molecular formula is C29H37Cl2N5O3. The highest BCUT2D eigenvalue weighted by molar-refractivity contribution is 5.95. The van der Waals surface area contributed by atoms with Crippen molar-refractivity contribution < 1.29 is 14.7 Å². The Bertz CT molecular complexity index is 1180. The fourth-order valence-corrected chi connectivity index (χ4v) is 3.86. The lowest BCUT2D eigenvalue weighted by molar-refractivity contribution is -0.129. The fraction of sp³-hybridized carbons (Fsp3) is 0.276. The minimum absolute atomic E-state index is 0. The average Bonchev–Trinajstić information content (AvgIpc) is 2.90. The van der Waals surface area contributed by atoms with Crippen molar-refractivity contribution in [3.8, 4) is 5.75 Å². The third-order valence-corrected chi connectivity index (χ3v) is 6.11. The first-order valence-corrected chi connectivity index (χ1v) is 12.4. The zero-order valence-corrected chi connectivity index (χ0v) is 23.5. The van der Waals surface area contributed by atoms with Crippen LogP contribution in [-0.4, -0.2) is 41.4 Å². The van der Waals surface area contributed by atoms with Crippen LogP contribution in [0, 0.1) is 5.41 Å². The molecule has 10 heteroatoms. The first kappa shape index (κ1) is 33.4. The number of hydrogen-bond acceptors (Lipinski definition) is 5. The zero-order valence-electron chi connectivity index (χ0n) is 21.9. The summed E-state index contributed by atoms with van der Waals surface area (Å²) in [5.74, 6) is -0.299. The van der Waals surface area contributed by atoms with Crippen molar-refractivity contribution in [2.45, 2.75) is 44.8 Å². The maximum absolute atomic E-state index is 13.1. The number of nitrogens with one attached hydrogen (secondary N) is 4. The van der Waals surface area contributed by atoms with Gasteiger partial charge >= 0.3 is 0 Å². The minimum atomic E-state index is -0.706. The standard InChI is InChI=1S/C29H35N5O3.2ClH/c1-20(28(36)33-19-23-7-12-24(13-8-23)27(30)31)34-29(37)26(16-11-21-5-3-2-4-6-21)32-18-17-22-9-14-25(35)15-10-22;;/h2-10,12-15,20,26,32,35H,11,16-19H2,1H3,(H3,30,31)(H,33,36)(H,34,37);2*1H/t20-,26+;;/m0../s1. The number of amidine groups is 1. The molecule has 0 fully saturated rings. The molecule has 0 aliphatic heterocycles. The van der Waals surface area contributed by atoms with Crippen LogP contribution < -0.4 is 21.7 Å². The number of nitrogen functional groups attached to an aromatic ring is 1. The van der Waals surface area contributed by atoms with E-state index in [0.29, 0.717) is 31.5 Å². The third-order valence-electron chi connectivity index (χ3n) is 6.11. The van der Waals surface area contributed by atoms with Gasteiger partial charge in [-0.2, -0.15) is 0 Å². The Kier molecular flexibility index (Phi) is 14.7. The molecular weight excluding hydrogens is 537 g/mol. The highest BCUT2D eigenvalue weighted by Crippen LogP contribution is 2.11. The van der Waals surface area contributed by atoms with Crippen LogP contribution in [0.3, 0.4) is 0 Å². The summed E-state index contributed by atoms with van der Waals surface area (Å²) in [6.07, 6.45) is 2.01. The van der Waals surface area contributed by atoms with Crippen molar-refractivity contribution in [2.75, 3.05) is 6.54 Å². The van der Waals surface area contributed by atoms with Gasteiger partial charge in [0.05, 0.1) is 6.04 Å². The smallest absolute Gasteiger partial charge is 0.242 e. The first-order valence-electron chi connectivity index (χ1n) is 12.4. The molecule has 0 aliphatic rings. The largest absolute Gasteiger partial charge is 0.508 e. The molecule has 0 aliphatic carbocycles. The van der Waals surface area contributed by atoms with E-state index in [1.54, 1.807) is 43.3 Å². The van der Waals surface area contributed by atoms with Gasteiger partial charge in [-0.15, -0.1) is 24.8 Å². The summed E-state index contributed by atoms with van der Waals surface area (Å²) in [5.41, 5.74) is 9.16. The molecule has 2 amide bonds. The van der Waals surface area contributed by atoms with Crippen LogP contribution in [0.1, 0.15) is 35.6 Å². The van der Waals surface area contributed by atoms with E-state index in [1.807, 2.05) is 42.5 Å². The van der Waals surface area contributed by atoms with Crippen LogP contribution in [0.5, 0.6) is 5.75 Å². The molecule has 2 atom stereocenters. The molecule has 0 bridgehead atoms. The summed E-state index contributed by atoms with van der Waals surface area (Å²) < 4.78 is 0. The molecule has 3 rings (SSSR count). The van der Waals surface area contributed by atoms with E-state index in [-0.39, 0.29) is 48.2 Å². The lowest BCUT2D eigenvalue weighted by Crippen LogP contribution is -2.52. The Balaban J connectivity index is 0.00000380. The Morgan fingerprint density at radius 1 is 0.846 bits per heavy atom. The van der Waals surface area contributed by atoms with Crippen LogP contribution >= 0.6 is 24.8 Å². The maximum atomic E-state index is 13.1. The van der Waals surface area contributed by atoms with E-state index < -0.39 is 12.1 Å². The van der Waals surface area contributed by atoms with Crippen LogP contribution in [0.2, 0.25) is 0 Å². The van der Waals surface area contributed by atoms with E-state index in [0.717, 1.165) is 23.1 Å². The van der Waals surface area contributed by atoms with Gasteiger partial charge in [0, 0.05) is 12.1 Å². The Morgan fingerprint density at radius 2 is 1.44 bits per heavy atom. The average molecular weight is 575 g/mol. The Labute approximate surface area is 242 Å². The maximum Gasteiger partial charge on any atom is 0.242 e. The normalized spacial score (nSPS) is 11.7. The number of rotatable bonds is 13. The quantitative estimate of drug-likeness (QED) is 0.137.